The largest absolute Gasteiger partial charge is 0.480 e. The molecule has 1 aromatic carbocycles. The molecule has 1 aliphatic rings. The third-order valence-corrected chi connectivity index (χ3v) is 4.96. The predicted octanol–water partition coefficient (Wildman–Crippen LogP) is 2.57. The molecule has 1 aromatic heterocycles. The summed E-state index contributed by atoms with van der Waals surface area (Å²) in [5.41, 5.74) is -0.109. The van der Waals surface area contributed by atoms with E-state index in [2.05, 4.69) is 5.10 Å². The van der Waals surface area contributed by atoms with Crippen molar-refractivity contribution in [2.24, 2.45) is 0 Å². The van der Waals surface area contributed by atoms with Crippen molar-refractivity contribution >= 4 is 11.9 Å². The predicted molar refractivity (Wildman–Crippen MR) is 89.3 cm³/mol. The highest BCUT2D eigenvalue weighted by molar-refractivity contribution is 5.97. The molecule has 1 aliphatic carbocycles. The van der Waals surface area contributed by atoms with Crippen LogP contribution >= 0.6 is 0 Å². The van der Waals surface area contributed by atoms with Crippen LogP contribution in [0.3, 0.4) is 0 Å². The van der Waals surface area contributed by atoms with Crippen LogP contribution in [0.15, 0.2) is 18.2 Å². The molecule has 0 aliphatic heterocycles. The Labute approximate surface area is 149 Å². The van der Waals surface area contributed by atoms with Gasteiger partial charge in [-0.05, 0) is 45.2 Å². The molecule has 0 saturated heterocycles. The van der Waals surface area contributed by atoms with Gasteiger partial charge in [0.2, 0.25) is 0 Å². The van der Waals surface area contributed by atoms with E-state index in [1.807, 2.05) is 0 Å². The Hall–Kier alpha value is -2.77. The zero-order valence-corrected chi connectivity index (χ0v) is 14.7. The Morgan fingerprint density at radius 1 is 1.27 bits per heavy atom. The van der Waals surface area contributed by atoms with Crippen LogP contribution in [0.5, 0.6) is 0 Å². The first kappa shape index (κ1) is 18.0. The minimum atomic E-state index is -1.43. The zero-order valence-electron chi connectivity index (χ0n) is 14.7. The Morgan fingerprint density at radius 2 is 1.96 bits per heavy atom. The average Bonchev–Trinajstić information content (AvgIpc) is 3.18. The van der Waals surface area contributed by atoms with Gasteiger partial charge in [0.05, 0.1) is 0 Å². The summed E-state index contributed by atoms with van der Waals surface area (Å²) < 4.78 is 29.1. The smallest absolute Gasteiger partial charge is 0.329 e. The van der Waals surface area contributed by atoms with Crippen molar-refractivity contribution in [2.45, 2.75) is 38.6 Å². The topological polar surface area (TPSA) is 75.4 Å². The maximum atomic E-state index is 14.2. The third kappa shape index (κ3) is 2.65. The highest BCUT2D eigenvalue weighted by Gasteiger charge is 2.38. The van der Waals surface area contributed by atoms with Crippen LogP contribution in [-0.4, -0.2) is 44.3 Å². The van der Waals surface area contributed by atoms with Crippen molar-refractivity contribution in [1.82, 2.24) is 14.7 Å². The number of carbonyl (C=O) groups excluding carboxylic acids is 1. The summed E-state index contributed by atoms with van der Waals surface area (Å²) in [7, 11) is 1.39. The normalized spacial score (nSPS) is 13.6. The van der Waals surface area contributed by atoms with Crippen molar-refractivity contribution in [3.05, 3.63) is 46.8 Å². The van der Waals surface area contributed by atoms with E-state index >= 15 is 0 Å². The number of aromatic nitrogens is 2. The highest BCUT2D eigenvalue weighted by atomic mass is 19.2. The minimum Gasteiger partial charge on any atom is -0.480 e. The monoisotopic (exact) mass is 363 g/mol. The molecule has 0 atom stereocenters. The number of hydrogen-bond acceptors (Lipinski definition) is 3. The number of benzene rings is 1. The fraction of sp³-hybridized carbons (Fsp3) is 0.389. The Morgan fingerprint density at radius 3 is 2.62 bits per heavy atom. The SMILES string of the molecule is CN(C(=O)c1nn(-c2cccc(F)c2F)c2c1CCC2)C(C)(C)C(=O)O. The fourth-order valence-electron chi connectivity index (χ4n) is 3.02. The van der Waals surface area contributed by atoms with Crippen LogP contribution in [0.2, 0.25) is 0 Å². The van der Waals surface area contributed by atoms with E-state index in [0.717, 1.165) is 17.4 Å². The fourth-order valence-corrected chi connectivity index (χ4v) is 3.02. The summed E-state index contributed by atoms with van der Waals surface area (Å²) in [6.07, 6.45) is 1.92. The van der Waals surface area contributed by atoms with Gasteiger partial charge in [-0.2, -0.15) is 5.10 Å². The van der Waals surface area contributed by atoms with Gasteiger partial charge in [-0.15, -0.1) is 0 Å². The van der Waals surface area contributed by atoms with Crippen LogP contribution in [0.1, 0.15) is 42.0 Å². The maximum absolute atomic E-state index is 14.2. The number of carboxylic acid groups (broad SMARTS) is 1. The van der Waals surface area contributed by atoms with E-state index in [-0.39, 0.29) is 11.4 Å². The number of carboxylic acids is 1. The van der Waals surface area contributed by atoms with Crippen molar-refractivity contribution in [2.75, 3.05) is 7.05 Å². The van der Waals surface area contributed by atoms with Gasteiger partial charge in [0, 0.05) is 18.3 Å². The van der Waals surface area contributed by atoms with Gasteiger partial charge in [-0.1, -0.05) is 6.07 Å². The minimum absolute atomic E-state index is 0.0673. The number of fused-ring (bicyclic) bond motifs is 1. The molecule has 0 saturated carbocycles. The highest BCUT2D eigenvalue weighted by Crippen LogP contribution is 2.30. The summed E-state index contributed by atoms with van der Waals surface area (Å²) in [6.45, 7) is 2.83. The van der Waals surface area contributed by atoms with Crippen LogP contribution in [0.4, 0.5) is 8.78 Å². The summed E-state index contributed by atoms with van der Waals surface area (Å²) in [4.78, 5) is 25.4. The molecule has 138 valence electrons. The number of nitrogens with zero attached hydrogens (tertiary/aromatic N) is 3. The summed E-state index contributed by atoms with van der Waals surface area (Å²) in [6, 6.07) is 3.78. The maximum Gasteiger partial charge on any atom is 0.329 e. The molecule has 1 N–H and O–H groups in total. The van der Waals surface area contributed by atoms with E-state index in [9.17, 15) is 23.5 Å². The second-order valence-electron chi connectivity index (χ2n) is 6.84. The van der Waals surface area contributed by atoms with Gasteiger partial charge in [0.15, 0.2) is 17.3 Å². The molecule has 26 heavy (non-hydrogen) atoms. The Balaban J connectivity index is 2.10. The number of carbonyl (C=O) groups is 2. The lowest BCUT2D eigenvalue weighted by Crippen LogP contribution is -2.51. The summed E-state index contributed by atoms with van der Waals surface area (Å²) >= 11 is 0. The number of rotatable bonds is 4. The van der Waals surface area contributed by atoms with Gasteiger partial charge in [0.1, 0.15) is 11.2 Å². The molecule has 0 bridgehead atoms. The lowest BCUT2D eigenvalue weighted by molar-refractivity contribution is -0.147. The first-order chi connectivity index (χ1) is 12.2. The van der Waals surface area contributed by atoms with Crippen molar-refractivity contribution < 1.29 is 23.5 Å². The van der Waals surface area contributed by atoms with Gasteiger partial charge in [-0.25, -0.2) is 18.3 Å². The van der Waals surface area contributed by atoms with Gasteiger partial charge >= 0.3 is 5.97 Å². The van der Waals surface area contributed by atoms with Gasteiger partial charge in [0.25, 0.3) is 5.91 Å². The van der Waals surface area contributed by atoms with E-state index in [0.29, 0.717) is 24.1 Å². The number of amides is 1. The van der Waals surface area contributed by atoms with Crippen LogP contribution in [-0.2, 0) is 17.6 Å². The lowest BCUT2D eigenvalue weighted by atomic mass is 10.0. The zero-order chi connectivity index (χ0) is 19.2. The van der Waals surface area contributed by atoms with Crippen molar-refractivity contribution in [1.29, 1.82) is 0 Å². The van der Waals surface area contributed by atoms with Gasteiger partial charge < -0.3 is 10.0 Å². The first-order valence-electron chi connectivity index (χ1n) is 8.23. The first-order valence-corrected chi connectivity index (χ1v) is 8.23. The molecular weight excluding hydrogens is 344 g/mol. The number of hydrogen-bond donors (Lipinski definition) is 1. The molecule has 1 heterocycles. The lowest BCUT2D eigenvalue weighted by Gasteiger charge is -2.31. The van der Waals surface area contributed by atoms with Crippen LogP contribution in [0, 0.1) is 11.6 Å². The second kappa shape index (κ2) is 6.19. The van der Waals surface area contributed by atoms with Crippen molar-refractivity contribution in [3.63, 3.8) is 0 Å². The number of halogens is 2. The molecule has 1 amide bonds. The van der Waals surface area contributed by atoms with Crippen molar-refractivity contribution in [3.8, 4) is 5.69 Å². The standard InChI is InChI=1S/C18H19F2N3O3/c1-18(2,17(25)26)22(3)16(24)15-10-6-4-8-12(10)23(21-15)13-9-5-7-11(19)14(13)20/h5,7,9H,4,6,8H2,1-3H3,(H,25,26). The molecule has 0 radical (unpaired) electrons. The van der Waals surface area contributed by atoms with E-state index < -0.39 is 29.0 Å². The summed E-state index contributed by atoms with van der Waals surface area (Å²) in [5, 5.41) is 13.6. The van der Waals surface area contributed by atoms with E-state index in [1.54, 1.807) is 0 Å². The molecule has 0 unspecified atom stereocenters. The Kier molecular flexibility index (Phi) is 4.29. The molecule has 6 nitrogen and oxygen atoms in total. The second-order valence-corrected chi connectivity index (χ2v) is 6.84. The quantitative estimate of drug-likeness (QED) is 0.906. The van der Waals surface area contributed by atoms with E-state index in [1.165, 1.54) is 37.7 Å². The summed E-state index contributed by atoms with van der Waals surface area (Å²) in [5.74, 6) is -3.75. The molecule has 0 spiro atoms. The number of aliphatic carboxylic acids is 1. The number of likely N-dealkylation sites (N-methyl/N-ethyl adjacent to an activating group) is 1. The molecule has 3 rings (SSSR count). The molecule has 8 heteroatoms. The Bertz CT molecular complexity index is 905. The average molecular weight is 363 g/mol. The molecular formula is C18H19F2N3O3. The van der Waals surface area contributed by atoms with Crippen LogP contribution < -0.4 is 0 Å². The molecule has 2 aromatic rings. The third-order valence-electron chi connectivity index (χ3n) is 4.96. The molecule has 0 fully saturated rings. The van der Waals surface area contributed by atoms with Gasteiger partial charge in [-0.3, -0.25) is 4.79 Å². The van der Waals surface area contributed by atoms with E-state index in [4.69, 9.17) is 0 Å². The van der Waals surface area contributed by atoms with Crippen LogP contribution in [0.25, 0.3) is 5.69 Å².